The summed E-state index contributed by atoms with van der Waals surface area (Å²) in [5, 5.41) is 10.1. The lowest BCUT2D eigenvalue weighted by Crippen LogP contribution is -2.16. The van der Waals surface area contributed by atoms with Gasteiger partial charge in [0.05, 0.1) is 0 Å². The summed E-state index contributed by atoms with van der Waals surface area (Å²) in [6.45, 7) is 5.08. The van der Waals surface area contributed by atoms with E-state index in [1.165, 1.54) is 17.3 Å². The zero-order chi connectivity index (χ0) is 15.1. The average molecular weight is 310 g/mol. The molecule has 0 amide bonds. The number of nitrogens with one attached hydrogen (secondary N) is 2. The SMILES string of the molecule is CCNc1nc(NCCS(=O)CC)nc(-n2cncn2)n1. The zero-order valence-corrected chi connectivity index (χ0v) is 12.8. The number of hydrogen-bond donors (Lipinski definition) is 2. The van der Waals surface area contributed by atoms with Crippen LogP contribution in [0.25, 0.3) is 5.95 Å². The predicted octanol–water partition coefficient (Wildman–Crippen LogP) is 0.0646. The number of hydrogen-bond acceptors (Lipinski definition) is 8. The van der Waals surface area contributed by atoms with Gasteiger partial charge in [-0.25, -0.2) is 4.98 Å². The second-order valence-electron chi connectivity index (χ2n) is 4.01. The van der Waals surface area contributed by atoms with Crippen LogP contribution in [0.5, 0.6) is 0 Å². The van der Waals surface area contributed by atoms with Crippen molar-refractivity contribution in [3.05, 3.63) is 12.7 Å². The molecule has 114 valence electrons. The van der Waals surface area contributed by atoms with Crippen LogP contribution in [0.2, 0.25) is 0 Å². The molecule has 0 fully saturated rings. The highest BCUT2D eigenvalue weighted by Crippen LogP contribution is 2.08. The van der Waals surface area contributed by atoms with Crippen LogP contribution in [-0.2, 0) is 10.8 Å². The molecular formula is C11H18N8OS. The molecule has 0 aliphatic carbocycles. The second kappa shape index (κ2) is 7.62. The zero-order valence-electron chi connectivity index (χ0n) is 12.0. The molecule has 2 rings (SSSR count). The predicted molar refractivity (Wildman–Crippen MR) is 80.9 cm³/mol. The van der Waals surface area contributed by atoms with Crippen molar-refractivity contribution >= 4 is 22.7 Å². The molecule has 9 nitrogen and oxygen atoms in total. The Bertz CT molecular complexity index is 588. The highest BCUT2D eigenvalue weighted by atomic mass is 32.2. The van der Waals surface area contributed by atoms with Gasteiger partial charge in [0.1, 0.15) is 12.7 Å². The fraction of sp³-hybridized carbons (Fsp3) is 0.545. The molecule has 0 aliphatic rings. The van der Waals surface area contributed by atoms with Crippen molar-refractivity contribution in [2.75, 3.05) is 35.2 Å². The van der Waals surface area contributed by atoms with E-state index in [0.717, 1.165) is 0 Å². The summed E-state index contributed by atoms with van der Waals surface area (Å²) in [7, 11) is -0.821. The summed E-state index contributed by atoms with van der Waals surface area (Å²) >= 11 is 0. The van der Waals surface area contributed by atoms with E-state index in [-0.39, 0.29) is 0 Å². The molecule has 0 saturated heterocycles. The van der Waals surface area contributed by atoms with Gasteiger partial charge in [-0.3, -0.25) is 4.21 Å². The molecule has 10 heteroatoms. The summed E-state index contributed by atoms with van der Waals surface area (Å²) in [6, 6.07) is 0. The average Bonchev–Trinajstić information content (AvgIpc) is 3.01. The van der Waals surface area contributed by atoms with E-state index < -0.39 is 10.8 Å². The van der Waals surface area contributed by atoms with Crippen LogP contribution in [0, 0.1) is 0 Å². The standard InChI is InChI=1S/C11H18N8OS/c1-3-13-9-16-10(14-5-6-21(20)4-2)18-11(17-9)19-8-12-7-15-19/h7-8H,3-6H2,1-2H3,(H2,13,14,16,17,18). The van der Waals surface area contributed by atoms with Crippen LogP contribution in [0.4, 0.5) is 11.9 Å². The summed E-state index contributed by atoms with van der Waals surface area (Å²) in [6.07, 6.45) is 2.93. The van der Waals surface area contributed by atoms with Crippen molar-refractivity contribution < 1.29 is 4.21 Å². The van der Waals surface area contributed by atoms with Gasteiger partial charge in [0.25, 0.3) is 5.95 Å². The van der Waals surface area contributed by atoms with Crippen LogP contribution in [0.1, 0.15) is 13.8 Å². The number of rotatable bonds is 8. The Labute approximate surface area is 125 Å². The monoisotopic (exact) mass is 310 g/mol. The molecule has 0 aromatic carbocycles. The second-order valence-corrected chi connectivity index (χ2v) is 5.88. The van der Waals surface area contributed by atoms with Crippen LogP contribution in [0.3, 0.4) is 0 Å². The van der Waals surface area contributed by atoms with Crippen LogP contribution >= 0.6 is 0 Å². The van der Waals surface area contributed by atoms with E-state index in [4.69, 9.17) is 0 Å². The van der Waals surface area contributed by atoms with Gasteiger partial charge >= 0.3 is 0 Å². The minimum atomic E-state index is -0.821. The van der Waals surface area contributed by atoms with E-state index >= 15 is 0 Å². The van der Waals surface area contributed by atoms with Gasteiger partial charge in [0, 0.05) is 35.4 Å². The van der Waals surface area contributed by atoms with Crippen LogP contribution in [-0.4, -0.2) is 58.5 Å². The fourth-order valence-corrected chi connectivity index (χ4v) is 2.13. The molecule has 1 unspecified atom stereocenters. The van der Waals surface area contributed by atoms with Gasteiger partial charge in [-0.2, -0.15) is 24.7 Å². The molecule has 2 aromatic heterocycles. The Morgan fingerprint density at radius 2 is 1.95 bits per heavy atom. The minimum Gasteiger partial charge on any atom is -0.354 e. The van der Waals surface area contributed by atoms with Crippen molar-refractivity contribution in [2.45, 2.75) is 13.8 Å². The van der Waals surface area contributed by atoms with Gasteiger partial charge in [-0.05, 0) is 6.92 Å². The van der Waals surface area contributed by atoms with Crippen molar-refractivity contribution in [2.24, 2.45) is 0 Å². The minimum absolute atomic E-state index is 0.373. The topological polar surface area (TPSA) is 111 Å². The quantitative estimate of drug-likeness (QED) is 0.704. The maximum absolute atomic E-state index is 11.4. The Balaban J connectivity index is 2.14. The maximum atomic E-state index is 11.4. The Kier molecular flexibility index (Phi) is 5.55. The number of nitrogens with zero attached hydrogens (tertiary/aromatic N) is 6. The first kappa shape index (κ1) is 15.3. The molecule has 1 atom stereocenters. The molecule has 2 heterocycles. The van der Waals surface area contributed by atoms with E-state index in [1.807, 2.05) is 13.8 Å². The van der Waals surface area contributed by atoms with Crippen molar-refractivity contribution in [1.82, 2.24) is 29.7 Å². The first-order valence-electron chi connectivity index (χ1n) is 6.66. The number of aromatic nitrogens is 6. The summed E-state index contributed by atoms with van der Waals surface area (Å²) in [4.78, 5) is 16.6. The van der Waals surface area contributed by atoms with Gasteiger partial charge in [0.2, 0.25) is 11.9 Å². The van der Waals surface area contributed by atoms with Crippen molar-refractivity contribution in [1.29, 1.82) is 0 Å². The van der Waals surface area contributed by atoms with Gasteiger partial charge in [-0.15, -0.1) is 0 Å². The molecule has 2 N–H and O–H groups in total. The highest BCUT2D eigenvalue weighted by Gasteiger charge is 2.08. The van der Waals surface area contributed by atoms with E-state index in [0.29, 0.717) is 42.4 Å². The molecule has 21 heavy (non-hydrogen) atoms. The molecule has 0 bridgehead atoms. The Hall–Kier alpha value is -2.10. The van der Waals surface area contributed by atoms with Crippen LogP contribution in [0.15, 0.2) is 12.7 Å². The first-order chi connectivity index (χ1) is 10.2. The smallest absolute Gasteiger partial charge is 0.258 e. The third kappa shape index (κ3) is 4.45. The van der Waals surface area contributed by atoms with Gasteiger partial charge in [-0.1, -0.05) is 6.92 Å². The highest BCUT2D eigenvalue weighted by molar-refractivity contribution is 7.84. The lowest BCUT2D eigenvalue weighted by Gasteiger charge is -2.08. The first-order valence-corrected chi connectivity index (χ1v) is 8.15. The number of anilines is 2. The molecule has 0 aliphatic heterocycles. The Morgan fingerprint density at radius 3 is 2.57 bits per heavy atom. The molecule has 0 radical (unpaired) electrons. The summed E-state index contributed by atoms with van der Waals surface area (Å²) < 4.78 is 12.9. The molecular weight excluding hydrogens is 292 g/mol. The van der Waals surface area contributed by atoms with Crippen molar-refractivity contribution in [3.8, 4) is 5.95 Å². The summed E-state index contributed by atoms with van der Waals surface area (Å²) in [5.41, 5.74) is 0. The van der Waals surface area contributed by atoms with E-state index in [1.54, 1.807) is 0 Å². The largest absolute Gasteiger partial charge is 0.354 e. The van der Waals surface area contributed by atoms with Gasteiger partial charge in [0.15, 0.2) is 0 Å². The third-order valence-electron chi connectivity index (χ3n) is 2.52. The Morgan fingerprint density at radius 1 is 1.19 bits per heavy atom. The lowest BCUT2D eigenvalue weighted by molar-refractivity contribution is 0.684. The van der Waals surface area contributed by atoms with Crippen molar-refractivity contribution in [3.63, 3.8) is 0 Å². The summed E-state index contributed by atoms with van der Waals surface area (Å²) in [5.74, 6) is 2.44. The maximum Gasteiger partial charge on any atom is 0.258 e. The molecule has 0 saturated carbocycles. The normalized spacial score (nSPS) is 12.1. The fourth-order valence-electron chi connectivity index (χ4n) is 1.52. The van der Waals surface area contributed by atoms with Gasteiger partial charge < -0.3 is 10.6 Å². The van der Waals surface area contributed by atoms with E-state index in [2.05, 4.69) is 35.7 Å². The molecule has 0 spiro atoms. The third-order valence-corrected chi connectivity index (χ3v) is 3.82. The van der Waals surface area contributed by atoms with E-state index in [9.17, 15) is 4.21 Å². The lowest BCUT2D eigenvalue weighted by atomic mass is 10.7. The molecule has 2 aromatic rings. The van der Waals surface area contributed by atoms with Crippen LogP contribution < -0.4 is 10.6 Å².